The van der Waals surface area contributed by atoms with Gasteiger partial charge in [0.1, 0.15) is 23.1 Å². The maximum atomic E-state index is 13.3. The van der Waals surface area contributed by atoms with E-state index in [1.54, 1.807) is 30.3 Å². The van der Waals surface area contributed by atoms with Crippen LogP contribution in [0.25, 0.3) is 21.3 Å². The molecule has 8 nitrogen and oxygen atoms in total. The quantitative estimate of drug-likeness (QED) is 0.431. The highest BCUT2D eigenvalue weighted by molar-refractivity contribution is 7.20. The van der Waals surface area contributed by atoms with Gasteiger partial charge in [-0.3, -0.25) is 9.59 Å². The van der Waals surface area contributed by atoms with Crippen molar-refractivity contribution in [1.29, 1.82) is 0 Å². The minimum atomic E-state index is -0.263. The standard InChI is InChI=1S/C25H26N4O4S/c1-4-28-14-19(22(30)18-7-5-15(2)26-23(18)28)24(31)29-11-9-16(10-12-29)33-25-27-20-13-17(32-3)6-8-21(20)34-25/h5-8,13-14,16H,4,9-12H2,1-3H3. The van der Waals surface area contributed by atoms with Crippen molar-refractivity contribution in [3.63, 3.8) is 0 Å². The number of amides is 1. The SMILES string of the molecule is CCn1cc(C(=O)N2CCC(Oc3nc4cc(OC)ccc4s3)CC2)c(=O)c2ccc(C)nc21. The van der Waals surface area contributed by atoms with Crippen molar-refractivity contribution in [3.05, 3.63) is 58.0 Å². The molecule has 0 aliphatic carbocycles. The van der Waals surface area contributed by atoms with Gasteiger partial charge >= 0.3 is 0 Å². The van der Waals surface area contributed by atoms with Crippen molar-refractivity contribution in [2.75, 3.05) is 20.2 Å². The predicted molar refractivity (Wildman–Crippen MR) is 132 cm³/mol. The van der Waals surface area contributed by atoms with Crippen LogP contribution in [0.2, 0.25) is 0 Å². The number of aryl methyl sites for hydroxylation is 2. The summed E-state index contributed by atoms with van der Waals surface area (Å²) < 4.78 is 14.3. The van der Waals surface area contributed by atoms with E-state index < -0.39 is 0 Å². The number of aromatic nitrogens is 3. The summed E-state index contributed by atoms with van der Waals surface area (Å²) in [5, 5.41) is 1.10. The second-order valence-corrected chi connectivity index (χ2v) is 9.40. The van der Waals surface area contributed by atoms with Gasteiger partial charge in [-0.2, -0.15) is 0 Å². The van der Waals surface area contributed by atoms with Gasteiger partial charge in [0.15, 0.2) is 0 Å². The molecule has 0 N–H and O–H groups in total. The fourth-order valence-corrected chi connectivity index (χ4v) is 5.17. The van der Waals surface area contributed by atoms with E-state index in [1.807, 2.05) is 36.6 Å². The number of piperidine rings is 1. The van der Waals surface area contributed by atoms with Crippen molar-refractivity contribution in [2.24, 2.45) is 0 Å². The molecule has 1 aliphatic rings. The predicted octanol–water partition coefficient (Wildman–Crippen LogP) is 4.03. The topological polar surface area (TPSA) is 86.5 Å². The summed E-state index contributed by atoms with van der Waals surface area (Å²) >= 11 is 1.50. The third kappa shape index (κ3) is 4.11. The Labute approximate surface area is 200 Å². The Hall–Kier alpha value is -3.46. The average molecular weight is 479 g/mol. The molecule has 0 saturated carbocycles. The molecule has 1 aliphatic heterocycles. The summed E-state index contributed by atoms with van der Waals surface area (Å²) in [5.41, 5.74) is 2.23. The van der Waals surface area contributed by atoms with E-state index in [2.05, 4.69) is 9.97 Å². The number of pyridine rings is 2. The van der Waals surface area contributed by atoms with Crippen LogP contribution in [0.1, 0.15) is 35.8 Å². The Morgan fingerprint density at radius 1 is 1.18 bits per heavy atom. The fourth-order valence-electron chi connectivity index (χ4n) is 4.31. The van der Waals surface area contributed by atoms with Gasteiger partial charge in [-0.15, -0.1) is 0 Å². The molecule has 176 valence electrons. The first-order valence-corrected chi connectivity index (χ1v) is 12.2. The molecule has 1 amide bonds. The molecule has 4 aromatic rings. The monoisotopic (exact) mass is 478 g/mol. The normalized spacial score (nSPS) is 14.6. The summed E-state index contributed by atoms with van der Waals surface area (Å²) in [4.78, 5) is 37.2. The third-order valence-corrected chi connectivity index (χ3v) is 7.13. The van der Waals surface area contributed by atoms with Crippen LogP contribution in [0, 0.1) is 6.92 Å². The number of fused-ring (bicyclic) bond motifs is 2. The van der Waals surface area contributed by atoms with Gasteiger partial charge in [0.2, 0.25) is 5.43 Å². The number of likely N-dealkylation sites (tertiary alicyclic amines) is 1. The lowest BCUT2D eigenvalue weighted by molar-refractivity contribution is 0.0594. The Morgan fingerprint density at radius 3 is 2.71 bits per heavy atom. The second kappa shape index (κ2) is 9.06. The van der Waals surface area contributed by atoms with Crippen molar-refractivity contribution in [1.82, 2.24) is 19.4 Å². The average Bonchev–Trinajstić information content (AvgIpc) is 3.25. The van der Waals surface area contributed by atoms with Crippen LogP contribution in [-0.2, 0) is 6.54 Å². The van der Waals surface area contributed by atoms with E-state index in [4.69, 9.17) is 9.47 Å². The van der Waals surface area contributed by atoms with Gasteiger partial charge < -0.3 is 18.9 Å². The van der Waals surface area contributed by atoms with Crippen LogP contribution < -0.4 is 14.9 Å². The number of hydrogen-bond donors (Lipinski definition) is 0. The van der Waals surface area contributed by atoms with Gasteiger partial charge in [-0.25, -0.2) is 9.97 Å². The number of benzene rings is 1. The van der Waals surface area contributed by atoms with Crippen molar-refractivity contribution in [3.8, 4) is 10.9 Å². The van der Waals surface area contributed by atoms with Crippen molar-refractivity contribution >= 4 is 38.5 Å². The largest absolute Gasteiger partial charge is 0.497 e. The molecular weight excluding hydrogens is 452 g/mol. The van der Waals surface area contributed by atoms with Gasteiger partial charge in [0, 0.05) is 50.4 Å². The number of thiazole rings is 1. The zero-order valence-electron chi connectivity index (χ0n) is 19.4. The molecular formula is C25H26N4O4S. The molecule has 0 atom stereocenters. The lowest BCUT2D eigenvalue weighted by atomic mass is 10.1. The second-order valence-electron chi connectivity index (χ2n) is 8.40. The number of carbonyl (C=O) groups is 1. The van der Waals surface area contributed by atoms with E-state index in [0.717, 1.165) is 21.7 Å². The van der Waals surface area contributed by atoms with Crippen LogP contribution in [-0.4, -0.2) is 51.6 Å². The number of methoxy groups -OCH3 is 1. The number of rotatable bonds is 5. The first-order valence-electron chi connectivity index (χ1n) is 11.4. The molecule has 0 radical (unpaired) electrons. The zero-order chi connectivity index (χ0) is 23.8. The molecule has 5 rings (SSSR count). The van der Waals surface area contributed by atoms with E-state index in [-0.39, 0.29) is 23.0 Å². The van der Waals surface area contributed by atoms with Gasteiger partial charge in [0.05, 0.1) is 22.7 Å². The van der Waals surface area contributed by atoms with Crippen molar-refractivity contribution < 1.29 is 14.3 Å². The number of ether oxygens (including phenoxy) is 2. The van der Waals surface area contributed by atoms with E-state index in [0.29, 0.717) is 48.7 Å². The van der Waals surface area contributed by atoms with E-state index in [9.17, 15) is 9.59 Å². The summed E-state index contributed by atoms with van der Waals surface area (Å²) in [6.45, 7) is 5.54. The third-order valence-electron chi connectivity index (χ3n) is 6.20. The molecule has 0 bridgehead atoms. The van der Waals surface area contributed by atoms with Crippen LogP contribution in [0.3, 0.4) is 0 Å². The summed E-state index contributed by atoms with van der Waals surface area (Å²) in [7, 11) is 1.63. The number of hydrogen-bond acceptors (Lipinski definition) is 7. The lowest BCUT2D eigenvalue weighted by Crippen LogP contribution is -2.43. The molecule has 1 aromatic carbocycles. The smallest absolute Gasteiger partial charge is 0.274 e. The molecule has 3 aromatic heterocycles. The van der Waals surface area contributed by atoms with Crippen LogP contribution in [0.4, 0.5) is 0 Å². The molecule has 9 heteroatoms. The van der Waals surface area contributed by atoms with Crippen LogP contribution in [0.15, 0.2) is 41.3 Å². The molecule has 34 heavy (non-hydrogen) atoms. The summed E-state index contributed by atoms with van der Waals surface area (Å²) in [5.74, 6) is 0.526. The molecule has 1 saturated heterocycles. The molecule has 0 unspecified atom stereocenters. The maximum absolute atomic E-state index is 13.3. The summed E-state index contributed by atoms with van der Waals surface area (Å²) in [6, 6.07) is 9.34. The highest BCUT2D eigenvalue weighted by Crippen LogP contribution is 2.32. The number of carbonyl (C=O) groups excluding carboxylic acids is 1. The van der Waals surface area contributed by atoms with Gasteiger partial charge in [-0.1, -0.05) is 11.3 Å². The fraction of sp³-hybridized carbons (Fsp3) is 0.360. The van der Waals surface area contributed by atoms with Gasteiger partial charge in [-0.05, 0) is 38.1 Å². The van der Waals surface area contributed by atoms with Crippen molar-refractivity contribution in [2.45, 2.75) is 39.3 Å². The van der Waals surface area contributed by atoms with Gasteiger partial charge in [0.25, 0.3) is 11.1 Å². The first kappa shape index (κ1) is 22.3. The Bertz CT molecular complexity index is 1440. The Morgan fingerprint density at radius 2 is 1.97 bits per heavy atom. The van der Waals surface area contributed by atoms with Crippen LogP contribution in [0.5, 0.6) is 10.9 Å². The molecule has 4 heterocycles. The lowest BCUT2D eigenvalue weighted by Gasteiger charge is -2.31. The van der Waals surface area contributed by atoms with E-state index >= 15 is 0 Å². The Kier molecular flexibility index (Phi) is 5.95. The minimum absolute atomic E-state index is 0.0254. The summed E-state index contributed by atoms with van der Waals surface area (Å²) in [6.07, 6.45) is 2.99. The zero-order valence-corrected chi connectivity index (χ0v) is 20.2. The molecule has 0 spiro atoms. The first-order chi connectivity index (χ1) is 16.5. The van der Waals surface area contributed by atoms with Crippen LogP contribution >= 0.6 is 11.3 Å². The number of nitrogens with zero attached hydrogens (tertiary/aromatic N) is 4. The highest BCUT2D eigenvalue weighted by atomic mass is 32.1. The maximum Gasteiger partial charge on any atom is 0.274 e. The Balaban J connectivity index is 1.30. The minimum Gasteiger partial charge on any atom is -0.497 e. The highest BCUT2D eigenvalue weighted by Gasteiger charge is 2.27. The molecule has 1 fully saturated rings. The van der Waals surface area contributed by atoms with E-state index in [1.165, 1.54) is 11.3 Å².